The lowest BCUT2D eigenvalue weighted by Gasteiger charge is -2.18. The summed E-state index contributed by atoms with van der Waals surface area (Å²) in [4.78, 5) is 0. The fourth-order valence-corrected chi connectivity index (χ4v) is 0.840. The number of rotatable bonds is 3. The lowest BCUT2D eigenvalue weighted by molar-refractivity contribution is 0.0756. The highest BCUT2D eigenvalue weighted by Gasteiger charge is 2.23. The van der Waals surface area contributed by atoms with E-state index in [2.05, 4.69) is 0 Å². The van der Waals surface area contributed by atoms with Gasteiger partial charge in [-0.1, -0.05) is 11.6 Å². The monoisotopic (exact) mass is 172 g/mol. The zero-order valence-electron chi connectivity index (χ0n) is 5.14. The highest BCUT2D eigenvalue weighted by Crippen LogP contribution is 2.19. The van der Waals surface area contributed by atoms with E-state index in [-0.39, 0.29) is 12.3 Å². The minimum atomic E-state index is -1.45. The highest BCUT2D eigenvalue weighted by molar-refractivity contribution is 6.29. The molecular weight excluding hydrogens is 163 g/mol. The molecule has 2 atom stereocenters. The minimum absolute atomic E-state index is 0.0700. The predicted molar refractivity (Wildman–Crippen MR) is 37.8 cm³/mol. The third kappa shape index (κ3) is 4.97. The first-order valence-electron chi connectivity index (χ1n) is 2.63. The first-order valence-corrected chi connectivity index (χ1v) is 3.54. The van der Waals surface area contributed by atoms with E-state index < -0.39 is 11.2 Å². The standard InChI is InChI=1S/C5H10Cl2O2/c1-4(8)2-5(7,9)3-6/h4,8-9H,2-3H2,1H3. The molecule has 0 bridgehead atoms. The molecule has 2 N–H and O–H groups in total. The van der Waals surface area contributed by atoms with Crippen LogP contribution in [0, 0.1) is 0 Å². The molecule has 2 nitrogen and oxygen atoms in total. The van der Waals surface area contributed by atoms with E-state index in [4.69, 9.17) is 33.4 Å². The summed E-state index contributed by atoms with van der Waals surface area (Å²) < 4.78 is 0. The Labute approximate surface area is 64.4 Å². The molecule has 0 aliphatic rings. The Morgan fingerprint density at radius 1 is 1.67 bits per heavy atom. The maximum atomic E-state index is 8.97. The van der Waals surface area contributed by atoms with E-state index in [1.807, 2.05) is 0 Å². The average Bonchev–Trinajstić information content (AvgIpc) is 1.63. The van der Waals surface area contributed by atoms with Crippen LogP contribution in [0.2, 0.25) is 0 Å². The number of hydrogen-bond donors (Lipinski definition) is 2. The number of alkyl halides is 2. The first-order chi connectivity index (χ1) is 3.98. The molecule has 0 spiro atoms. The van der Waals surface area contributed by atoms with Gasteiger partial charge < -0.3 is 10.2 Å². The molecule has 0 aliphatic heterocycles. The van der Waals surface area contributed by atoms with E-state index in [0.717, 1.165) is 0 Å². The molecule has 56 valence electrons. The second-order valence-electron chi connectivity index (χ2n) is 2.10. The van der Waals surface area contributed by atoms with Crippen molar-refractivity contribution in [2.75, 3.05) is 5.88 Å². The van der Waals surface area contributed by atoms with E-state index in [1.165, 1.54) is 0 Å². The van der Waals surface area contributed by atoms with Gasteiger partial charge >= 0.3 is 0 Å². The number of aliphatic hydroxyl groups is 2. The Bertz CT molecular complexity index is 83.0. The lowest BCUT2D eigenvalue weighted by Crippen LogP contribution is -2.27. The molecule has 4 heteroatoms. The van der Waals surface area contributed by atoms with Gasteiger partial charge in [0, 0.05) is 6.42 Å². The van der Waals surface area contributed by atoms with E-state index in [1.54, 1.807) is 6.92 Å². The van der Waals surface area contributed by atoms with Gasteiger partial charge in [0.05, 0.1) is 12.0 Å². The summed E-state index contributed by atoms with van der Waals surface area (Å²) in [5.41, 5.74) is 0. The zero-order valence-corrected chi connectivity index (χ0v) is 6.65. The van der Waals surface area contributed by atoms with Crippen LogP contribution in [0.3, 0.4) is 0 Å². The van der Waals surface area contributed by atoms with Gasteiger partial charge in [0.2, 0.25) is 0 Å². The van der Waals surface area contributed by atoms with Crippen LogP contribution in [-0.2, 0) is 0 Å². The molecule has 0 aliphatic carbocycles. The van der Waals surface area contributed by atoms with Crippen molar-refractivity contribution in [3.05, 3.63) is 0 Å². The molecule has 0 aromatic rings. The van der Waals surface area contributed by atoms with Crippen LogP contribution in [0.25, 0.3) is 0 Å². The van der Waals surface area contributed by atoms with Gasteiger partial charge in [-0.05, 0) is 6.92 Å². The normalized spacial score (nSPS) is 21.0. The van der Waals surface area contributed by atoms with Crippen molar-refractivity contribution in [2.24, 2.45) is 0 Å². The fourth-order valence-electron chi connectivity index (χ4n) is 0.507. The molecule has 0 aromatic carbocycles. The van der Waals surface area contributed by atoms with Crippen LogP contribution in [0.4, 0.5) is 0 Å². The van der Waals surface area contributed by atoms with Crippen molar-refractivity contribution < 1.29 is 10.2 Å². The Balaban J connectivity index is 3.58. The first kappa shape index (κ1) is 9.50. The van der Waals surface area contributed by atoms with Crippen LogP contribution in [-0.4, -0.2) is 27.3 Å². The van der Waals surface area contributed by atoms with E-state index in [0.29, 0.717) is 0 Å². The van der Waals surface area contributed by atoms with Crippen LogP contribution < -0.4 is 0 Å². The smallest absolute Gasteiger partial charge is 0.154 e. The van der Waals surface area contributed by atoms with Gasteiger partial charge in [-0.15, -0.1) is 11.6 Å². The van der Waals surface area contributed by atoms with Crippen molar-refractivity contribution in [2.45, 2.75) is 24.5 Å². The van der Waals surface area contributed by atoms with Crippen molar-refractivity contribution in [3.63, 3.8) is 0 Å². The van der Waals surface area contributed by atoms with Gasteiger partial charge in [-0.25, -0.2) is 0 Å². The largest absolute Gasteiger partial charge is 0.393 e. The van der Waals surface area contributed by atoms with Crippen LogP contribution in [0.5, 0.6) is 0 Å². The number of hydrogen-bond acceptors (Lipinski definition) is 2. The van der Waals surface area contributed by atoms with Crippen LogP contribution >= 0.6 is 23.2 Å². The van der Waals surface area contributed by atoms with Crippen molar-refractivity contribution in [1.82, 2.24) is 0 Å². The van der Waals surface area contributed by atoms with E-state index in [9.17, 15) is 0 Å². The Hall–Kier alpha value is 0.500. The Morgan fingerprint density at radius 3 is 2.22 bits per heavy atom. The third-order valence-corrected chi connectivity index (χ3v) is 1.68. The summed E-state index contributed by atoms with van der Waals surface area (Å²) in [6.07, 6.45) is -0.524. The molecule has 0 amide bonds. The number of aliphatic hydroxyl groups excluding tert-OH is 1. The Morgan fingerprint density at radius 2 is 2.11 bits per heavy atom. The van der Waals surface area contributed by atoms with Gasteiger partial charge in [0.1, 0.15) is 0 Å². The maximum absolute atomic E-state index is 8.97. The molecule has 0 fully saturated rings. The molecule has 9 heavy (non-hydrogen) atoms. The molecule has 0 radical (unpaired) electrons. The van der Waals surface area contributed by atoms with Gasteiger partial charge in [-0.2, -0.15) is 0 Å². The van der Waals surface area contributed by atoms with Gasteiger partial charge in [-0.3, -0.25) is 0 Å². The summed E-state index contributed by atoms with van der Waals surface area (Å²) in [6.45, 7) is 1.54. The summed E-state index contributed by atoms with van der Waals surface area (Å²) in [6, 6.07) is 0. The minimum Gasteiger partial charge on any atom is -0.393 e. The summed E-state index contributed by atoms with van der Waals surface area (Å²) in [5.74, 6) is -0.0700. The van der Waals surface area contributed by atoms with Crippen molar-refractivity contribution in [1.29, 1.82) is 0 Å². The summed E-state index contributed by atoms with van der Waals surface area (Å²) in [7, 11) is 0. The quantitative estimate of drug-likeness (QED) is 0.623. The van der Waals surface area contributed by atoms with Gasteiger partial charge in [0.25, 0.3) is 0 Å². The third-order valence-electron chi connectivity index (χ3n) is 0.813. The maximum Gasteiger partial charge on any atom is 0.154 e. The summed E-state index contributed by atoms with van der Waals surface area (Å²) >= 11 is 10.6. The van der Waals surface area contributed by atoms with Gasteiger partial charge in [0.15, 0.2) is 5.06 Å². The topological polar surface area (TPSA) is 40.5 Å². The molecular formula is C5H10Cl2O2. The molecule has 0 aromatic heterocycles. The number of halogens is 2. The van der Waals surface area contributed by atoms with Crippen LogP contribution in [0.1, 0.15) is 13.3 Å². The molecule has 0 rings (SSSR count). The van der Waals surface area contributed by atoms with Crippen LogP contribution in [0.15, 0.2) is 0 Å². The highest BCUT2D eigenvalue weighted by atomic mass is 35.5. The average molecular weight is 173 g/mol. The molecule has 0 saturated heterocycles. The molecule has 2 unspecified atom stereocenters. The fraction of sp³-hybridized carbons (Fsp3) is 1.00. The molecule has 0 heterocycles. The lowest BCUT2D eigenvalue weighted by atomic mass is 10.2. The predicted octanol–water partition coefficient (Wildman–Crippen LogP) is 0.923. The van der Waals surface area contributed by atoms with Crippen molar-refractivity contribution in [3.8, 4) is 0 Å². The van der Waals surface area contributed by atoms with E-state index >= 15 is 0 Å². The second-order valence-corrected chi connectivity index (χ2v) is 3.08. The molecule has 0 saturated carbocycles. The second kappa shape index (κ2) is 3.62. The summed E-state index contributed by atoms with van der Waals surface area (Å²) in [5, 5.41) is 16.2. The zero-order chi connectivity index (χ0) is 7.49. The van der Waals surface area contributed by atoms with Crippen molar-refractivity contribution >= 4 is 23.2 Å². The Kier molecular flexibility index (Phi) is 3.82. The SMILES string of the molecule is CC(O)CC(O)(Cl)CCl.